The average molecular weight is 735 g/mol. The second-order valence-electron chi connectivity index (χ2n) is 10.5. The van der Waals surface area contributed by atoms with Gasteiger partial charge in [-0.05, 0) is 112 Å². The van der Waals surface area contributed by atoms with Gasteiger partial charge in [-0.15, -0.1) is 0 Å². The Morgan fingerprint density at radius 3 is 2.08 bits per heavy atom. The molecule has 1 heterocycles. The summed E-state index contributed by atoms with van der Waals surface area (Å²) in [6.07, 6.45) is 3.77. The van der Waals surface area contributed by atoms with E-state index in [0.29, 0.717) is 67.6 Å². The van der Waals surface area contributed by atoms with Gasteiger partial charge >= 0.3 is 11.9 Å². The number of benzene rings is 3. The first kappa shape index (κ1) is 36.8. The van der Waals surface area contributed by atoms with E-state index in [2.05, 4.69) is 4.74 Å². The molecule has 1 aliphatic carbocycles. The van der Waals surface area contributed by atoms with Crippen LogP contribution in [0.5, 0.6) is 17.2 Å². The SMILES string of the molecule is CCOC(=O)/C(Cl)=C/c1cc(N2C(=O)C3=C(CCCC3)C2=O)ccc1Cl.COC(=O)C(C)Oc1ccc(Oc2ccc(Cl)cc2Cl)cc1. The van der Waals surface area contributed by atoms with E-state index in [9.17, 15) is 19.2 Å². The number of esters is 2. The van der Waals surface area contributed by atoms with Gasteiger partial charge in [0, 0.05) is 21.2 Å². The summed E-state index contributed by atoms with van der Waals surface area (Å²) in [6.45, 7) is 3.49. The molecule has 0 radical (unpaired) electrons. The normalized spacial score (nSPS) is 14.9. The molecule has 1 aliphatic heterocycles. The van der Waals surface area contributed by atoms with Crippen LogP contribution in [0.15, 0.2) is 76.8 Å². The molecular formula is C35H31Cl4NO8. The number of methoxy groups -OCH3 is 1. The largest absolute Gasteiger partial charge is 0.479 e. The summed E-state index contributed by atoms with van der Waals surface area (Å²) in [5.41, 5.74) is 2.04. The van der Waals surface area contributed by atoms with Crippen LogP contribution < -0.4 is 14.4 Å². The quantitative estimate of drug-likeness (QED) is 0.122. The maximum absolute atomic E-state index is 12.7. The molecule has 9 nitrogen and oxygen atoms in total. The van der Waals surface area contributed by atoms with Crippen molar-refractivity contribution in [1.29, 1.82) is 0 Å². The summed E-state index contributed by atoms with van der Waals surface area (Å²) in [6, 6.07) is 16.5. The molecule has 3 aromatic carbocycles. The van der Waals surface area contributed by atoms with Gasteiger partial charge < -0.3 is 18.9 Å². The zero-order valence-electron chi connectivity index (χ0n) is 26.2. The number of rotatable bonds is 9. The molecule has 0 saturated carbocycles. The van der Waals surface area contributed by atoms with Crippen LogP contribution in [-0.4, -0.2) is 43.6 Å². The number of amides is 2. The maximum atomic E-state index is 12.7. The van der Waals surface area contributed by atoms with Crippen molar-refractivity contribution in [3.05, 3.63) is 97.5 Å². The van der Waals surface area contributed by atoms with E-state index in [4.69, 9.17) is 60.6 Å². The van der Waals surface area contributed by atoms with E-state index in [-0.39, 0.29) is 23.5 Å². The van der Waals surface area contributed by atoms with Crippen molar-refractivity contribution < 1.29 is 38.1 Å². The van der Waals surface area contributed by atoms with Crippen molar-refractivity contribution in [2.45, 2.75) is 45.6 Å². The zero-order valence-corrected chi connectivity index (χ0v) is 29.2. The van der Waals surface area contributed by atoms with E-state index in [1.54, 1.807) is 74.5 Å². The summed E-state index contributed by atoms with van der Waals surface area (Å²) in [5, 5.41) is 1.17. The van der Waals surface area contributed by atoms with Gasteiger partial charge in [0.05, 0.1) is 24.4 Å². The fourth-order valence-corrected chi connectivity index (χ4v) is 5.63. The summed E-state index contributed by atoms with van der Waals surface area (Å²) >= 11 is 24.0. The van der Waals surface area contributed by atoms with Crippen molar-refractivity contribution in [1.82, 2.24) is 0 Å². The summed E-state index contributed by atoms with van der Waals surface area (Å²) in [7, 11) is 1.31. The van der Waals surface area contributed by atoms with Gasteiger partial charge in [-0.3, -0.25) is 9.59 Å². The van der Waals surface area contributed by atoms with Crippen LogP contribution in [0.2, 0.25) is 15.1 Å². The van der Waals surface area contributed by atoms with Gasteiger partial charge in [-0.25, -0.2) is 14.5 Å². The predicted molar refractivity (Wildman–Crippen MR) is 185 cm³/mol. The zero-order chi connectivity index (χ0) is 35.0. The lowest BCUT2D eigenvalue weighted by atomic mass is 9.93. The van der Waals surface area contributed by atoms with Crippen molar-refractivity contribution in [2.75, 3.05) is 18.6 Å². The third-order valence-electron chi connectivity index (χ3n) is 7.17. The number of imide groups is 1. The van der Waals surface area contributed by atoms with Crippen molar-refractivity contribution in [3.8, 4) is 17.2 Å². The first-order valence-electron chi connectivity index (χ1n) is 14.9. The number of halogens is 4. The van der Waals surface area contributed by atoms with E-state index < -0.39 is 18.0 Å². The number of anilines is 1. The molecule has 48 heavy (non-hydrogen) atoms. The van der Waals surface area contributed by atoms with Gasteiger partial charge in [0.25, 0.3) is 11.8 Å². The molecule has 3 aromatic rings. The minimum Gasteiger partial charge on any atom is -0.479 e. The molecule has 0 spiro atoms. The van der Waals surface area contributed by atoms with E-state index in [1.165, 1.54) is 18.1 Å². The molecule has 5 rings (SSSR count). The smallest absolute Gasteiger partial charge is 0.349 e. The standard InChI is InChI=1S/C19H17Cl2NO4.C16H14Cl2O4/c1-2-26-19(25)16(21)10-11-9-12(7-8-15(11)20)22-17(23)13-5-3-4-6-14(13)18(22)24;1-10(16(19)20-2)21-12-4-6-13(7-5-12)22-15-8-3-11(17)9-14(15)18/h7-10H,2-6H2,1H3;3-10H,1-2H3/b16-10-;. The Morgan fingerprint density at radius 1 is 0.875 bits per heavy atom. The van der Waals surface area contributed by atoms with Crippen molar-refractivity contribution >= 4 is 81.9 Å². The molecule has 1 unspecified atom stereocenters. The molecule has 252 valence electrons. The second-order valence-corrected chi connectivity index (χ2v) is 12.1. The van der Waals surface area contributed by atoms with Crippen LogP contribution in [0.4, 0.5) is 5.69 Å². The highest BCUT2D eigenvalue weighted by Crippen LogP contribution is 2.37. The first-order valence-corrected chi connectivity index (χ1v) is 16.4. The van der Waals surface area contributed by atoms with Crippen molar-refractivity contribution in [3.63, 3.8) is 0 Å². The van der Waals surface area contributed by atoms with Crippen LogP contribution in [0.25, 0.3) is 6.08 Å². The van der Waals surface area contributed by atoms with Crippen molar-refractivity contribution in [2.24, 2.45) is 0 Å². The lowest BCUT2D eigenvalue weighted by Gasteiger charge is -2.16. The fraction of sp³-hybridized carbons (Fsp3) is 0.257. The number of hydrogen-bond donors (Lipinski definition) is 0. The number of carbonyl (C=O) groups is 4. The Balaban J connectivity index is 0.000000220. The van der Waals surface area contributed by atoms with Crippen LogP contribution in [0, 0.1) is 0 Å². The van der Waals surface area contributed by atoms with Crippen LogP contribution in [0.3, 0.4) is 0 Å². The third-order valence-corrected chi connectivity index (χ3v) is 8.31. The molecule has 0 N–H and O–H groups in total. The first-order chi connectivity index (χ1) is 22.9. The van der Waals surface area contributed by atoms with E-state index >= 15 is 0 Å². The lowest BCUT2D eigenvalue weighted by Crippen LogP contribution is -2.31. The highest BCUT2D eigenvalue weighted by Gasteiger charge is 2.39. The fourth-order valence-electron chi connectivity index (χ4n) is 4.84. The average Bonchev–Trinajstić information content (AvgIpc) is 3.33. The molecule has 0 bridgehead atoms. The van der Waals surface area contributed by atoms with Crippen LogP contribution >= 0.6 is 46.4 Å². The molecule has 0 saturated heterocycles. The summed E-state index contributed by atoms with van der Waals surface area (Å²) in [4.78, 5) is 49.5. The van der Waals surface area contributed by atoms with Gasteiger partial charge in [0.1, 0.15) is 22.3 Å². The highest BCUT2D eigenvalue weighted by molar-refractivity contribution is 6.44. The van der Waals surface area contributed by atoms with E-state index in [0.717, 1.165) is 12.8 Å². The van der Waals surface area contributed by atoms with Gasteiger partial charge in [-0.1, -0.05) is 46.4 Å². The second kappa shape index (κ2) is 16.9. The molecule has 13 heteroatoms. The van der Waals surface area contributed by atoms with Crippen LogP contribution in [-0.2, 0) is 28.7 Å². The summed E-state index contributed by atoms with van der Waals surface area (Å²) in [5.74, 6) is -0.0383. The van der Waals surface area contributed by atoms with Crippen LogP contribution in [0.1, 0.15) is 45.1 Å². The van der Waals surface area contributed by atoms with Gasteiger partial charge in [-0.2, -0.15) is 0 Å². The Hall–Kier alpha value is -4.02. The molecule has 2 amide bonds. The Labute approximate surface area is 297 Å². The number of nitrogens with zero attached hydrogens (tertiary/aromatic N) is 1. The Morgan fingerprint density at radius 2 is 1.50 bits per heavy atom. The number of ether oxygens (including phenoxy) is 4. The van der Waals surface area contributed by atoms with Gasteiger partial charge in [0.15, 0.2) is 6.10 Å². The highest BCUT2D eigenvalue weighted by atomic mass is 35.5. The molecule has 0 fully saturated rings. The molecule has 0 aromatic heterocycles. The molecule has 2 aliphatic rings. The monoisotopic (exact) mass is 733 g/mol. The minimum atomic E-state index is -0.678. The Kier molecular flexibility index (Phi) is 12.9. The Bertz CT molecular complexity index is 1740. The number of hydrogen-bond acceptors (Lipinski definition) is 8. The molecule has 1 atom stereocenters. The minimum absolute atomic E-state index is 0.137. The topological polar surface area (TPSA) is 108 Å². The maximum Gasteiger partial charge on any atom is 0.349 e. The molecular weight excluding hydrogens is 704 g/mol. The third kappa shape index (κ3) is 9.11. The lowest BCUT2D eigenvalue weighted by molar-refractivity contribution is -0.148. The van der Waals surface area contributed by atoms with Gasteiger partial charge in [0.2, 0.25) is 0 Å². The van der Waals surface area contributed by atoms with E-state index in [1.807, 2.05) is 0 Å². The number of carbonyl (C=O) groups excluding carboxylic acids is 4. The predicted octanol–water partition coefficient (Wildman–Crippen LogP) is 8.95. The summed E-state index contributed by atoms with van der Waals surface area (Å²) < 4.78 is 20.5.